The maximum Gasteiger partial charge on any atom is 0.238 e. The van der Waals surface area contributed by atoms with Gasteiger partial charge in [-0.25, -0.2) is 0 Å². The Kier molecular flexibility index (Phi) is 3.87. The monoisotopic (exact) mass is 248 g/mol. The third-order valence-corrected chi connectivity index (χ3v) is 3.07. The number of amides is 1. The molecule has 98 valence electrons. The van der Waals surface area contributed by atoms with Crippen molar-refractivity contribution in [3.63, 3.8) is 0 Å². The first-order valence-electron chi connectivity index (χ1n) is 6.28. The highest BCUT2D eigenvalue weighted by Crippen LogP contribution is 2.25. The van der Waals surface area contributed by atoms with Gasteiger partial charge in [-0.05, 0) is 23.6 Å². The van der Waals surface area contributed by atoms with Gasteiger partial charge in [-0.1, -0.05) is 26.0 Å². The molecule has 0 bridgehead atoms. The van der Waals surface area contributed by atoms with E-state index >= 15 is 0 Å². The Hall–Kier alpha value is -1.55. The predicted molar refractivity (Wildman–Crippen MR) is 70.3 cm³/mol. The third kappa shape index (κ3) is 2.64. The number of ether oxygens (including phenoxy) is 1. The molecule has 18 heavy (non-hydrogen) atoms. The first-order chi connectivity index (χ1) is 8.61. The summed E-state index contributed by atoms with van der Waals surface area (Å²) in [7, 11) is 1.65. The second-order valence-electron chi connectivity index (χ2n) is 5.00. The summed E-state index contributed by atoms with van der Waals surface area (Å²) >= 11 is 0. The molecule has 0 aromatic heterocycles. The summed E-state index contributed by atoms with van der Waals surface area (Å²) < 4.78 is 5.14. The number of carbonyl (C=O) groups excluding carboxylic acids is 1. The Labute approximate surface area is 108 Å². The van der Waals surface area contributed by atoms with Crippen molar-refractivity contribution in [2.24, 2.45) is 5.92 Å². The number of carbonyl (C=O) groups is 1. The summed E-state index contributed by atoms with van der Waals surface area (Å²) in [5.41, 5.74) is 1.10. The van der Waals surface area contributed by atoms with Crippen LogP contribution in [-0.2, 0) is 4.79 Å². The topological polar surface area (TPSA) is 41.6 Å². The maximum atomic E-state index is 11.9. The van der Waals surface area contributed by atoms with E-state index in [1.807, 2.05) is 29.2 Å². The lowest BCUT2D eigenvalue weighted by molar-refractivity contribution is -0.128. The molecule has 0 radical (unpaired) electrons. The lowest BCUT2D eigenvalue weighted by Crippen LogP contribution is -2.33. The molecule has 0 saturated carbocycles. The Balaban J connectivity index is 2.17. The molecule has 4 nitrogen and oxygen atoms in total. The van der Waals surface area contributed by atoms with Gasteiger partial charge in [-0.15, -0.1) is 0 Å². The van der Waals surface area contributed by atoms with Crippen LogP contribution in [0.3, 0.4) is 0 Å². The molecule has 1 aromatic rings. The van der Waals surface area contributed by atoms with E-state index in [0.29, 0.717) is 12.5 Å². The van der Waals surface area contributed by atoms with E-state index in [1.54, 1.807) is 7.11 Å². The van der Waals surface area contributed by atoms with Gasteiger partial charge in [0.2, 0.25) is 5.91 Å². The van der Waals surface area contributed by atoms with Crippen LogP contribution < -0.4 is 10.1 Å². The molecule has 1 saturated heterocycles. The Morgan fingerprint density at radius 2 is 2.06 bits per heavy atom. The van der Waals surface area contributed by atoms with Crippen LogP contribution in [0.15, 0.2) is 24.3 Å². The highest BCUT2D eigenvalue weighted by molar-refractivity contribution is 5.81. The van der Waals surface area contributed by atoms with Crippen molar-refractivity contribution >= 4 is 5.91 Å². The molecule has 1 atom stereocenters. The van der Waals surface area contributed by atoms with Gasteiger partial charge in [-0.3, -0.25) is 10.1 Å². The number of methoxy groups -OCH3 is 1. The van der Waals surface area contributed by atoms with Crippen molar-refractivity contribution in [2.75, 3.05) is 20.2 Å². The lowest BCUT2D eigenvalue weighted by Gasteiger charge is -2.26. The fourth-order valence-electron chi connectivity index (χ4n) is 2.22. The minimum atomic E-state index is -0.00851. The van der Waals surface area contributed by atoms with Crippen LogP contribution in [0.25, 0.3) is 0 Å². The SMILES string of the molecule is COc1ccc(C2NCC(=O)N2CC(C)C)cc1. The van der Waals surface area contributed by atoms with Gasteiger partial charge in [0.25, 0.3) is 0 Å². The minimum absolute atomic E-state index is 0.00851. The molecule has 1 fully saturated rings. The maximum absolute atomic E-state index is 11.9. The average Bonchev–Trinajstić information content (AvgIpc) is 2.71. The van der Waals surface area contributed by atoms with E-state index in [2.05, 4.69) is 19.2 Å². The molecule has 0 spiro atoms. The summed E-state index contributed by atoms with van der Waals surface area (Å²) in [6.45, 7) is 5.44. The van der Waals surface area contributed by atoms with E-state index in [-0.39, 0.29) is 12.1 Å². The second-order valence-corrected chi connectivity index (χ2v) is 5.00. The molecule has 0 aliphatic carbocycles. The summed E-state index contributed by atoms with van der Waals surface area (Å²) in [5, 5.41) is 3.25. The largest absolute Gasteiger partial charge is 0.497 e. The quantitative estimate of drug-likeness (QED) is 0.883. The molecule has 1 N–H and O–H groups in total. The van der Waals surface area contributed by atoms with E-state index in [4.69, 9.17) is 4.74 Å². The zero-order chi connectivity index (χ0) is 13.1. The van der Waals surface area contributed by atoms with Crippen molar-refractivity contribution in [1.82, 2.24) is 10.2 Å². The molecule has 1 aromatic carbocycles. The van der Waals surface area contributed by atoms with Crippen molar-refractivity contribution in [3.05, 3.63) is 29.8 Å². The van der Waals surface area contributed by atoms with Crippen LogP contribution in [0, 0.1) is 5.92 Å². The van der Waals surface area contributed by atoms with Crippen LogP contribution >= 0.6 is 0 Å². The summed E-state index contributed by atoms with van der Waals surface area (Å²) in [6, 6.07) is 7.85. The van der Waals surface area contributed by atoms with Crippen LogP contribution in [0.1, 0.15) is 25.6 Å². The molecular weight excluding hydrogens is 228 g/mol. The number of nitrogens with one attached hydrogen (secondary N) is 1. The van der Waals surface area contributed by atoms with Crippen molar-refractivity contribution in [3.8, 4) is 5.75 Å². The number of hydrogen-bond acceptors (Lipinski definition) is 3. The number of benzene rings is 1. The van der Waals surface area contributed by atoms with Gasteiger partial charge < -0.3 is 9.64 Å². The Bertz CT molecular complexity index is 414. The highest BCUT2D eigenvalue weighted by Gasteiger charge is 2.31. The molecule has 4 heteroatoms. The molecule has 1 aliphatic rings. The van der Waals surface area contributed by atoms with E-state index in [0.717, 1.165) is 17.9 Å². The molecule has 1 amide bonds. The average molecular weight is 248 g/mol. The van der Waals surface area contributed by atoms with Crippen LogP contribution in [0.4, 0.5) is 0 Å². The highest BCUT2D eigenvalue weighted by atomic mass is 16.5. The smallest absolute Gasteiger partial charge is 0.238 e. The van der Waals surface area contributed by atoms with Crippen LogP contribution in [0.2, 0.25) is 0 Å². The zero-order valence-corrected chi connectivity index (χ0v) is 11.1. The third-order valence-electron chi connectivity index (χ3n) is 3.07. The predicted octanol–water partition coefficient (Wildman–Crippen LogP) is 1.78. The molecule has 1 aliphatic heterocycles. The summed E-state index contributed by atoms with van der Waals surface area (Å²) in [5.74, 6) is 1.47. The van der Waals surface area contributed by atoms with E-state index < -0.39 is 0 Å². The van der Waals surface area contributed by atoms with Gasteiger partial charge >= 0.3 is 0 Å². The Morgan fingerprint density at radius 3 is 2.61 bits per heavy atom. The normalized spacial score (nSPS) is 19.7. The fraction of sp³-hybridized carbons (Fsp3) is 0.500. The summed E-state index contributed by atoms with van der Waals surface area (Å²) in [4.78, 5) is 13.8. The van der Waals surface area contributed by atoms with Crippen molar-refractivity contribution in [2.45, 2.75) is 20.0 Å². The van der Waals surface area contributed by atoms with Crippen molar-refractivity contribution < 1.29 is 9.53 Å². The number of nitrogens with zero attached hydrogens (tertiary/aromatic N) is 1. The van der Waals surface area contributed by atoms with Gasteiger partial charge in [0, 0.05) is 6.54 Å². The first kappa shape index (κ1) is 12.9. The van der Waals surface area contributed by atoms with E-state index in [9.17, 15) is 4.79 Å². The van der Waals surface area contributed by atoms with Gasteiger partial charge in [0.05, 0.1) is 13.7 Å². The van der Waals surface area contributed by atoms with Gasteiger partial charge in [-0.2, -0.15) is 0 Å². The zero-order valence-electron chi connectivity index (χ0n) is 11.1. The van der Waals surface area contributed by atoms with Gasteiger partial charge in [0.15, 0.2) is 0 Å². The van der Waals surface area contributed by atoms with Crippen molar-refractivity contribution in [1.29, 1.82) is 0 Å². The number of rotatable bonds is 4. The second kappa shape index (κ2) is 5.40. The minimum Gasteiger partial charge on any atom is -0.497 e. The molecular formula is C14H20N2O2. The molecule has 2 rings (SSSR count). The van der Waals surface area contributed by atoms with Crippen LogP contribution in [0.5, 0.6) is 5.75 Å². The fourth-order valence-corrected chi connectivity index (χ4v) is 2.22. The lowest BCUT2D eigenvalue weighted by atomic mass is 10.1. The molecule has 1 unspecified atom stereocenters. The summed E-state index contributed by atoms with van der Waals surface area (Å²) in [6.07, 6.45) is -0.00851. The first-order valence-corrected chi connectivity index (χ1v) is 6.28. The Morgan fingerprint density at radius 1 is 1.39 bits per heavy atom. The number of hydrogen-bond donors (Lipinski definition) is 1. The van der Waals surface area contributed by atoms with Gasteiger partial charge in [0.1, 0.15) is 11.9 Å². The standard InChI is InChI=1S/C14H20N2O2/c1-10(2)9-16-13(17)8-15-14(16)11-4-6-12(18-3)7-5-11/h4-7,10,14-15H,8-9H2,1-3H3. The molecule has 1 heterocycles. The van der Waals surface area contributed by atoms with E-state index in [1.165, 1.54) is 0 Å². The van der Waals surface area contributed by atoms with Crippen LogP contribution in [-0.4, -0.2) is 31.0 Å².